The van der Waals surface area contributed by atoms with Crippen LogP contribution in [0.25, 0.3) is 0 Å². The van der Waals surface area contributed by atoms with Crippen molar-refractivity contribution in [2.24, 2.45) is 11.8 Å². The average molecular weight is 849 g/mol. The third kappa shape index (κ3) is 47.5. The van der Waals surface area contributed by atoms with Crippen LogP contribution in [0.5, 0.6) is 0 Å². The summed E-state index contributed by atoms with van der Waals surface area (Å²) in [7, 11) is 0. The van der Waals surface area contributed by atoms with Crippen LogP contribution in [0.4, 0.5) is 0 Å². The molecule has 0 radical (unpaired) electrons. The Morgan fingerprint density at radius 3 is 0.817 bits per heavy atom. The number of carbonyl (C=O) groups excluding carboxylic acids is 3. The van der Waals surface area contributed by atoms with E-state index in [2.05, 4.69) is 34.6 Å². The van der Waals surface area contributed by atoms with E-state index in [0.29, 0.717) is 19.3 Å². The first-order valence-corrected chi connectivity index (χ1v) is 26.7. The van der Waals surface area contributed by atoms with Crippen LogP contribution >= 0.6 is 0 Å². The first-order valence-electron chi connectivity index (χ1n) is 26.7. The average Bonchev–Trinajstić information content (AvgIpc) is 3.22. The van der Waals surface area contributed by atoms with Crippen molar-refractivity contribution in [2.45, 2.75) is 304 Å². The molecule has 0 aliphatic rings. The summed E-state index contributed by atoms with van der Waals surface area (Å²) >= 11 is 0. The quantitative estimate of drug-likeness (QED) is 0.0345. The third-order valence-corrected chi connectivity index (χ3v) is 12.2. The van der Waals surface area contributed by atoms with E-state index in [1.54, 1.807) is 0 Å². The van der Waals surface area contributed by atoms with Crippen LogP contribution in [-0.4, -0.2) is 37.2 Å². The maximum Gasteiger partial charge on any atom is 0.306 e. The predicted octanol–water partition coefficient (Wildman–Crippen LogP) is 17.3. The minimum atomic E-state index is -0.762. The molecule has 6 nitrogen and oxygen atoms in total. The molecule has 0 fully saturated rings. The number of unbranched alkanes of at least 4 members (excludes halogenated alkanes) is 33. The van der Waals surface area contributed by atoms with Gasteiger partial charge in [-0.3, -0.25) is 14.4 Å². The largest absolute Gasteiger partial charge is 0.462 e. The highest BCUT2D eigenvalue weighted by Crippen LogP contribution is 2.17. The third-order valence-electron chi connectivity index (χ3n) is 12.2. The summed E-state index contributed by atoms with van der Waals surface area (Å²) in [6.07, 6.45) is 48.1. The van der Waals surface area contributed by atoms with Gasteiger partial charge in [-0.25, -0.2) is 0 Å². The van der Waals surface area contributed by atoms with Gasteiger partial charge in [-0.05, 0) is 31.1 Å². The summed E-state index contributed by atoms with van der Waals surface area (Å²) < 4.78 is 16.8. The molecule has 0 saturated carbocycles. The molecule has 0 saturated heterocycles. The monoisotopic (exact) mass is 849 g/mol. The Bertz CT molecular complexity index is 916. The Labute approximate surface area is 374 Å². The summed E-state index contributed by atoms with van der Waals surface area (Å²) in [6, 6.07) is 0. The van der Waals surface area contributed by atoms with Crippen molar-refractivity contribution in [2.75, 3.05) is 13.2 Å². The highest BCUT2D eigenvalue weighted by molar-refractivity contribution is 5.71. The molecule has 0 aliphatic heterocycles. The lowest BCUT2D eigenvalue weighted by atomic mass is 10.0. The molecule has 0 bridgehead atoms. The SMILES string of the molecule is CCCCCCCCCCCCCCCCCCCCC(=O)OC[C@@H](COC(=O)CCCCCCCCCCCCC(C)C)OC(=O)CCCCCCCCCCC(C)C. The number of hydrogen-bond acceptors (Lipinski definition) is 6. The van der Waals surface area contributed by atoms with E-state index in [0.717, 1.165) is 69.6 Å². The molecule has 0 unspecified atom stereocenters. The lowest BCUT2D eigenvalue weighted by Crippen LogP contribution is -2.30. The van der Waals surface area contributed by atoms with Crippen molar-refractivity contribution in [1.29, 1.82) is 0 Å². The van der Waals surface area contributed by atoms with Crippen molar-refractivity contribution in [3.63, 3.8) is 0 Å². The Hall–Kier alpha value is -1.59. The summed E-state index contributed by atoms with van der Waals surface area (Å²) in [4.78, 5) is 38.0. The van der Waals surface area contributed by atoms with E-state index < -0.39 is 6.10 Å². The molecule has 0 N–H and O–H groups in total. The van der Waals surface area contributed by atoms with Crippen molar-refractivity contribution in [3.05, 3.63) is 0 Å². The number of hydrogen-bond donors (Lipinski definition) is 0. The summed E-state index contributed by atoms with van der Waals surface area (Å²) in [5, 5.41) is 0. The van der Waals surface area contributed by atoms with Gasteiger partial charge in [0.15, 0.2) is 6.10 Å². The molecule has 0 aliphatic carbocycles. The Morgan fingerprint density at radius 1 is 0.317 bits per heavy atom. The molecule has 0 aromatic rings. The van der Waals surface area contributed by atoms with Gasteiger partial charge < -0.3 is 14.2 Å². The first-order chi connectivity index (χ1) is 29.2. The zero-order valence-electron chi connectivity index (χ0n) is 41.1. The standard InChI is InChI=1S/C54H104O6/c1-6-7-8-9-10-11-12-13-14-15-16-17-18-19-23-29-34-39-44-52(55)58-47-51(60-54(57)46-41-36-31-26-25-28-33-38-43-50(4)5)48-59-53(56)45-40-35-30-24-21-20-22-27-32-37-42-49(2)3/h49-51H,6-48H2,1-5H3/t51-/m0/s1. The van der Waals surface area contributed by atoms with Crippen LogP contribution < -0.4 is 0 Å². The molecule has 0 aromatic heterocycles. The lowest BCUT2D eigenvalue weighted by molar-refractivity contribution is -0.167. The van der Waals surface area contributed by atoms with E-state index >= 15 is 0 Å². The topological polar surface area (TPSA) is 78.9 Å². The molecule has 0 aromatic carbocycles. The fourth-order valence-electron chi connectivity index (χ4n) is 8.17. The number of ether oxygens (including phenoxy) is 3. The van der Waals surface area contributed by atoms with E-state index in [1.165, 1.54) is 186 Å². The minimum absolute atomic E-state index is 0.0641. The Balaban J connectivity index is 4.26. The smallest absolute Gasteiger partial charge is 0.306 e. The lowest BCUT2D eigenvalue weighted by Gasteiger charge is -2.18. The number of carbonyl (C=O) groups is 3. The van der Waals surface area contributed by atoms with Crippen LogP contribution in [0, 0.1) is 11.8 Å². The number of rotatable bonds is 48. The van der Waals surface area contributed by atoms with Crippen LogP contribution in [0.3, 0.4) is 0 Å². The van der Waals surface area contributed by atoms with Gasteiger partial charge in [0.1, 0.15) is 13.2 Å². The fraction of sp³-hybridized carbons (Fsp3) is 0.944. The molecule has 0 spiro atoms. The Kier molecular flexibility index (Phi) is 45.7. The van der Waals surface area contributed by atoms with Crippen molar-refractivity contribution >= 4 is 17.9 Å². The maximum atomic E-state index is 12.8. The van der Waals surface area contributed by atoms with Gasteiger partial charge in [0.25, 0.3) is 0 Å². The van der Waals surface area contributed by atoms with Crippen LogP contribution in [0.1, 0.15) is 298 Å². The summed E-state index contributed by atoms with van der Waals surface area (Å²) in [6.45, 7) is 11.3. The van der Waals surface area contributed by atoms with Gasteiger partial charge in [0.05, 0.1) is 0 Å². The van der Waals surface area contributed by atoms with Crippen LogP contribution in [-0.2, 0) is 28.6 Å². The Morgan fingerprint density at radius 2 is 0.550 bits per heavy atom. The summed E-state index contributed by atoms with van der Waals surface area (Å²) in [5.41, 5.74) is 0. The highest BCUT2D eigenvalue weighted by atomic mass is 16.6. The van der Waals surface area contributed by atoms with Gasteiger partial charge in [-0.15, -0.1) is 0 Å². The second-order valence-electron chi connectivity index (χ2n) is 19.5. The summed E-state index contributed by atoms with van der Waals surface area (Å²) in [5.74, 6) is 0.763. The van der Waals surface area contributed by atoms with E-state index in [1.807, 2.05) is 0 Å². The molecule has 60 heavy (non-hydrogen) atoms. The van der Waals surface area contributed by atoms with Crippen LogP contribution in [0.2, 0.25) is 0 Å². The molecular formula is C54H104O6. The normalized spacial score (nSPS) is 12.1. The molecule has 0 amide bonds. The van der Waals surface area contributed by atoms with Crippen LogP contribution in [0.15, 0.2) is 0 Å². The zero-order chi connectivity index (χ0) is 44.0. The van der Waals surface area contributed by atoms with Gasteiger partial charge in [0, 0.05) is 19.3 Å². The first kappa shape index (κ1) is 58.4. The van der Waals surface area contributed by atoms with E-state index in [4.69, 9.17) is 14.2 Å². The van der Waals surface area contributed by atoms with E-state index in [-0.39, 0.29) is 31.1 Å². The molecule has 0 heterocycles. The highest BCUT2D eigenvalue weighted by Gasteiger charge is 2.19. The van der Waals surface area contributed by atoms with Crippen molar-refractivity contribution in [3.8, 4) is 0 Å². The maximum absolute atomic E-state index is 12.8. The molecular weight excluding hydrogens is 745 g/mol. The van der Waals surface area contributed by atoms with Gasteiger partial charge >= 0.3 is 17.9 Å². The zero-order valence-corrected chi connectivity index (χ0v) is 41.1. The second-order valence-corrected chi connectivity index (χ2v) is 19.5. The molecule has 356 valence electrons. The van der Waals surface area contributed by atoms with Crippen molar-refractivity contribution in [1.82, 2.24) is 0 Å². The molecule has 6 heteroatoms. The van der Waals surface area contributed by atoms with Gasteiger partial charge in [0.2, 0.25) is 0 Å². The van der Waals surface area contributed by atoms with E-state index in [9.17, 15) is 14.4 Å². The number of esters is 3. The minimum Gasteiger partial charge on any atom is -0.462 e. The second kappa shape index (κ2) is 46.9. The fourth-order valence-corrected chi connectivity index (χ4v) is 8.17. The van der Waals surface area contributed by atoms with Crippen molar-refractivity contribution < 1.29 is 28.6 Å². The molecule has 0 rings (SSSR count). The van der Waals surface area contributed by atoms with Gasteiger partial charge in [-0.1, -0.05) is 259 Å². The molecule has 1 atom stereocenters. The predicted molar refractivity (Wildman–Crippen MR) is 256 cm³/mol. The van der Waals surface area contributed by atoms with Gasteiger partial charge in [-0.2, -0.15) is 0 Å².